The summed E-state index contributed by atoms with van der Waals surface area (Å²) in [7, 11) is 3.05. The molecule has 1 aliphatic carbocycles. The van der Waals surface area contributed by atoms with Gasteiger partial charge in [0, 0.05) is 19.1 Å². The van der Waals surface area contributed by atoms with Crippen LogP contribution in [0.5, 0.6) is 0 Å². The molecule has 8 nitrogen and oxygen atoms in total. The Balaban J connectivity index is 1.75. The number of aryl methyl sites for hydroxylation is 2. The quantitative estimate of drug-likeness (QED) is 0.672. The molecule has 0 aromatic carbocycles. The number of fused-ring (bicyclic) bond motifs is 5. The number of nitrogens with zero attached hydrogens (tertiary/aromatic N) is 4. The summed E-state index contributed by atoms with van der Waals surface area (Å²) in [5.41, 5.74) is 2.04. The Hall–Kier alpha value is -2.10. The lowest BCUT2D eigenvalue weighted by atomic mass is 9.89. The molecule has 0 radical (unpaired) electrons. The molecule has 0 aliphatic heterocycles. The van der Waals surface area contributed by atoms with Crippen molar-refractivity contribution in [3.8, 4) is 0 Å². The zero-order valence-electron chi connectivity index (χ0n) is 15.9. The van der Waals surface area contributed by atoms with Crippen molar-refractivity contribution < 1.29 is 14.3 Å². The highest BCUT2D eigenvalue weighted by Crippen LogP contribution is 2.38. The Bertz CT molecular complexity index is 1010. The predicted octanol–water partition coefficient (Wildman–Crippen LogP) is 2.12. The number of nitrogens with one attached hydrogen (secondary N) is 1. The molecule has 3 aromatic heterocycles. The molecule has 0 fully saturated rings. The first-order chi connectivity index (χ1) is 13.0. The van der Waals surface area contributed by atoms with Gasteiger partial charge in [-0.25, -0.2) is 9.97 Å². The van der Waals surface area contributed by atoms with Crippen LogP contribution in [0, 0.1) is 12.8 Å². The summed E-state index contributed by atoms with van der Waals surface area (Å²) in [6.45, 7) is 4.38. The molecule has 1 atom stereocenters. The van der Waals surface area contributed by atoms with Crippen LogP contribution in [0.4, 0.5) is 0 Å². The molecule has 0 saturated carbocycles. The van der Waals surface area contributed by atoms with Gasteiger partial charge in [0.25, 0.3) is 5.91 Å². The van der Waals surface area contributed by atoms with Crippen LogP contribution in [0.1, 0.15) is 40.2 Å². The zero-order chi connectivity index (χ0) is 19.1. The van der Waals surface area contributed by atoms with E-state index in [1.165, 1.54) is 31.1 Å². The third-order valence-corrected chi connectivity index (χ3v) is 6.23. The van der Waals surface area contributed by atoms with Crippen molar-refractivity contribution in [3.05, 3.63) is 22.1 Å². The van der Waals surface area contributed by atoms with E-state index in [2.05, 4.69) is 22.3 Å². The molecule has 1 amide bonds. The first kappa shape index (κ1) is 18.3. The van der Waals surface area contributed by atoms with Crippen LogP contribution < -0.4 is 5.32 Å². The van der Waals surface area contributed by atoms with Crippen molar-refractivity contribution >= 4 is 33.1 Å². The molecule has 1 aliphatic rings. The number of rotatable bonds is 5. The summed E-state index contributed by atoms with van der Waals surface area (Å²) in [6.07, 6.45) is 2.80. The molecule has 4 rings (SSSR count). The number of hydrogen-bond donors (Lipinski definition) is 1. The van der Waals surface area contributed by atoms with E-state index in [-0.39, 0.29) is 18.3 Å². The van der Waals surface area contributed by atoms with Gasteiger partial charge in [0.05, 0.1) is 11.9 Å². The monoisotopic (exact) mass is 389 g/mol. The number of aromatic nitrogens is 4. The minimum absolute atomic E-state index is 0.127. The summed E-state index contributed by atoms with van der Waals surface area (Å²) in [5, 5.41) is 8.19. The first-order valence-corrected chi connectivity index (χ1v) is 9.84. The largest absolute Gasteiger partial charge is 0.354 e. The summed E-state index contributed by atoms with van der Waals surface area (Å²) in [6, 6.07) is 0. The van der Waals surface area contributed by atoms with Crippen molar-refractivity contribution in [3.63, 3.8) is 0 Å². The molecule has 9 heteroatoms. The van der Waals surface area contributed by atoms with Crippen LogP contribution in [-0.4, -0.2) is 52.5 Å². The van der Waals surface area contributed by atoms with Crippen LogP contribution in [0.2, 0.25) is 0 Å². The summed E-state index contributed by atoms with van der Waals surface area (Å²) in [5.74, 6) is 1.13. The molecule has 1 N–H and O–H groups in total. The van der Waals surface area contributed by atoms with Gasteiger partial charge in [0.1, 0.15) is 10.7 Å². The fourth-order valence-corrected chi connectivity index (χ4v) is 4.82. The Morgan fingerprint density at radius 2 is 2.15 bits per heavy atom. The van der Waals surface area contributed by atoms with E-state index in [9.17, 15) is 4.79 Å². The molecule has 3 heterocycles. The molecule has 3 aromatic rings. The van der Waals surface area contributed by atoms with E-state index in [1.807, 2.05) is 6.92 Å². The average Bonchev–Trinajstić information content (AvgIpc) is 3.24. The van der Waals surface area contributed by atoms with Gasteiger partial charge in [0.15, 0.2) is 11.9 Å². The lowest BCUT2D eigenvalue weighted by molar-refractivity contribution is -0.0974. The second-order valence-corrected chi connectivity index (χ2v) is 8.06. The summed E-state index contributed by atoms with van der Waals surface area (Å²) < 4.78 is 11.9. The van der Waals surface area contributed by atoms with E-state index >= 15 is 0 Å². The van der Waals surface area contributed by atoms with E-state index < -0.39 is 6.29 Å². The maximum atomic E-state index is 12.5. The van der Waals surface area contributed by atoms with E-state index in [1.54, 1.807) is 15.9 Å². The minimum Gasteiger partial charge on any atom is -0.354 e. The first-order valence-electron chi connectivity index (χ1n) is 9.03. The van der Waals surface area contributed by atoms with Gasteiger partial charge in [-0.2, -0.15) is 4.52 Å². The van der Waals surface area contributed by atoms with Crippen LogP contribution in [0.25, 0.3) is 15.9 Å². The SMILES string of the molecule is COC(CNC(=O)c1nc2c3c4c(sc3nc(C)n2n1)CC[C@H](C)C4)OC. The van der Waals surface area contributed by atoms with Crippen LogP contribution in [0.3, 0.4) is 0 Å². The van der Waals surface area contributed by atoms with Crippen molar-refractivity contribution in [1.29, 1.82) is 0 Å². The molecule has 0 bridgehead atoms. The standard InChI is InChI=1S/C18H23N5O3S/c1-9-5-6-12-11(7-9)14-16-21-15(17(24)19-8-13(25-3)26-4)22-23(16)10(2)20-18(14)27-12/h9,13H,5-8H2,1-4H3,(H,19,24)/t9-/m0/s1. The van der Waals surface area contributed by atoms with E-state index in [0.717, 1.165) is 28.9 Å². The van der Waals surface area contributed by atoms with E-state index in [4.69, 9.17) is 14.5 Å². The van der Waals surface area contributed by atoms with Gasteiger partial charge < -0.3 is 14.8 Å². The molecular weight excluding hydrogens is 366 g/mol. The minimum atomic E-state index is -0.508. The topological polar surface area (TPSA) is 90.6 Å². The normalized spacial score (nSPS) is 17.0. The molecule has 27 heavy (non-hydrogen) atoms. The molecule has 144 valence electrons. The molecular formula is C18H23N5O3S. The van der Waals surface area contributed by atoms with Crippen molar-refractivity contribution in [2.45, 2.75) is 39.4 Å². The number of carbonyl (C=O) groups excluding carboxylic acids is 1. The smallest absolute Gasteiger partial charge is 0.291 e. The van der Waals surface area contributed by atoms with Gasteiger partial charge in [-0.1, -0.05) is 6.92 Å². The Kier molecular flexibility index (Phi) is 4.83. The fraction of sp³-hybridized carbons (Fsp3) is 0.556. The van der Waals surface area contributed by atoms with Gasteiger partial charge in [0.2, 0.25) is 5.82 Å². The number of hydrogen-bond acceptors (Lipinski definition) is 7. The second kappa shape index (κ2) is 7.14. The highest BCUT2D eigenvalue weighted by molar-refractivity contribution is 7.19. The third kappa shape index (κ3) is 3.19. The fourth-order valence-electron chi connectivity index (χ4n) is 3.56. The van der Waals surface area contributed by atoms with Crippen LogP contribution in [-0.2, 0) is 22.3 Å². The van der Waals surface area contributed by atoms with Gasteiger partial charge in [-0.3, -0.25) is 4.79 Å². The zero-order valence-corrected chi connectivity index (χ0v) is 16.7. The predicted molar refractivity (Wildman–Crippen MR) is 102 cm³/mol. The number of ether oxygens (including phenoxy) is 2. The third-order valence-electron chi connectivity index (χ3n) is 5.05. The maximum Gasteiger partial charge on any atom is 0.291 e. The van der Waals surface area contributed by atoms with Crippen LogP contribution >= 0.6 is 11.3 Å². The molecule has 0 unspecified atom stereocenters. The Morgan fingerprint density at radius 3 is 2.89 bits per heavy atom. The maximum absolute atomic E-state index is 12.5. The van der Waals surface area contributed by atoms with Crippen molar-refractivity contribution in [2.24, 2.45) is 5.92 Å². The summed E-state index contributed by atoms with van der Waals surface area (Å²) in [4.78, 5) is 24.1. The molecule has 0 saturated heterocycles. The van der Waals surface area contributed by atoms with Gasteiger partial charge in [-0.05, 0) is 37.7 Å². The highest BCUT2D eigenvalue weighted by Gasteiger charge is 2.25. The lowest BCUT2D eigenvalue weighted by Gasteiger charge is -2.17. The van der Waals surface area contributed by atoms with Gasteiger partial charge >= 0.3 is 0 Å². The van der Waals surface area contributed by atoms with Crippen molar-refractivity contribution in [1.82, 2.24) is 24.9 Å². The Labute approximate surface area is 160 Å². The number of thiophene rings is 1. The average molecular weight is 389 g/mol. The Morgan fingerprint density at radius 1 is 1.37 bits per heavy atom. The summed E-state index contributed by atoms with van der Waals surface area (Å²) >= 11 is 1.74. The number of carbonyl (C=O) groups is 1. The van der Waals surface area contributed by atoms with Crippen molar-refractivity contribution in [2.75, 3.05) is 20.8 Å². The second-order valence-electron chi connectivity index (χ2n) is 6.97. The highest BCUT2D eigenvalue weighted by atomic mass is 32.1. The van der Waals surface area contributed by atoms with Gasteiger partial charge in [-0.15, -0.1) is 16.4 Å². The number of methoxy groups -OCH3 is 2. The number of amides is 1. The lowest BCUT2D eigenvalue weighted by Crippen LogP contribution is -2.34. The van der Waals surface area contributed by atoms with Crippen LogP contribution in [0.15, 0.2) is 0 Å². The molecule has 0 spiro atoms. The van der Waals surface area contributed by atoms with E-state index in [0.29, 0.717) is 11.6 Å².